The summed E-state index contributed by atoms with van der Waals surface area (Å²) >= 11 is 0. The van der Waals surface area contributed by atoms with Crippen LogP contribution in [0.1, 0.15) is 5.56 Å². The Morgan fingerprint density at radius 1 is 0.862 bits per heavy atom. The Bertz CT molecular complexity index is 1000. The molecule has 3 aromatic carbocycles. The van der Waals surface area contributed by atoms with Crippen LogP contribution in [0.3, 0.4) is 0 Å². The van der Waals surface area contributed by atoms with Crippen molar-refractivity contribution in [1.82, 2.24) is 4.90 Å². The molecular weight excluding hydrogens is 370 g/mol. The fourth-order valence-electron chi connectivity index (χ4n) is 3.14. The molecule has 3 aromatic rings. The third-order valence-corrected chi connectivity index (χ3v) is 4.70. The lowest BCUT2D eigenvalue weighted by molar-refractivity contribution is -0.132. The van der Waals surface area contributed by atoms with Gasteiger partial charge in [-0.1, -0.05) is 30.3 Å². The molecule has 6 nitrogen and oxygen atoms in total. The standard InChI is InChI=1S/C23H25NO5/c1-24(14-18-10-12-20(26-2)23(28-4)22(18)27-3)21(25)15-29-19-11-9-16-7-5-6-8-17(16)13-19/h5-13H,14-15H2,1-4H3. The molecule has 0 saturated heterocycles. The first-order chi connectivity index (χ1) is 14.1. The van der Waals surface area contributed by atoms with E-state index in [1.54, 1.807) is 39.3 Å². The first-order valence-electron chi connectivity index (χ1n) is 9.20. The summed E-state index contributed by atoms with van der Waals surface area (Å²) in [5, 5.41) is 2.20. The number of amides is 1. The zero-order chi connectivity index (χ0) is 20.8. The van der Waals surface area contributed by atoms with Crippen molar-refractivity contribution in [3.63, 3.8) is 0 Å². The molecule has 0 saturated carbocycles. The second-order valence-electron chi connectivity index (χ2n) is 6.54. The van der Waals surface area contributed by atoms with Crippen molar-refractivity contribution >= 4 is 16.7 Å². The van der Waals surface area contributed by atoms with E-state index in [4.69, 9.17) is 18.9 Å². The molecule has 152 valence electrons. The summed E-state index contributed by atoms with van der Waals surface area (Å²) in [4.78, 5) is 14.2. The van der Waals surface area contributed by atoms with E-state index in [1.807, 2.05) is 48.5 Å². The largest absolute Gasteiger partial charge is 0.493 e. The Balaban J connectivity index is 1.67. The molecule has 0 aliphatic rings. The lowest BCUT2D eigenvalue weighted by atomic mass is 10.1. The molecule has 0 radical (unpaired) electrons. The Morgan fingerprint density at radius 2 is 1.59 bits per heavy atom. The number of nitrogens with zero attached hydrogens (tertiary/aromatic N) is 1. The first-order valence-corrected chi connectivity index (χ1v) is 9.20. The van der Waals surface area contributed by atoms with Crippen LogP contribution in [0.2, 0.25) is 0 Å². The van der Waals surface area contributed by atoms with Gasteiger partial charge >= 0.3 is 0 Å². The molecule has 0 spiro atoms. The van der Waals surface area contributed by atoms with E-state index < -0.39 is 0 Å². The molecule has 3 rings (SSSR count). The molecule has 0 heterocycles. The van der Waals surface area contributed by atoms with Crippen molar-refractivity contribution in [2.45, 2.75) is 6.54 Å². The predicted octanol–water partition coefficient (Wildman–Crippen LogP) is 3.90. The van der Waals surface area contributed by atoms with Gasteiger partial charge in [-0.15, -0.1) is 0 Å². The number of rotatable bonds is 8. The Labute approximate surface area is 170 Å². The maximum Gasteiger partial charge on any atom is 0.260 e. The van der Waals surface area contributed by atoms with Gasteiger partial charge in [0.1, 0.15) is 5.75 Å². The van der Waals surface area contributed by atoms with Gasteiger partial charge in [-0.2, -0.15) is 0 Å². The van der Waals surface area contributed by atoms with Crippen LogP contribution in [-0.2, 0) is 11.3 Å². The SMILES string of the molecule is COc1ccc(CN(C)C(=O)COc2ccc3ccccc3c2)c(OC)c1OC. The number of ether oxygens (including phenoxy) is 4. The van der Waals surface area contributed by atoms with Crippen LogP contribution in [0.25, 0.3) is 10.8 Å². The quantitative estimate of drug-likeness (QED) is 0.579. The lowest BCUT2D eigenvalue weighted by Crippen LogP contribution is -2.31. The Kier molecular flexibility index (Phi) is 6.44. The lowest BCUT2D eigenvalue weighted by Gasteiger charge is -2.21. The molecule has 0 aliphatic heterocycles. The van der Waals surface area contributed by atoms with E-state index in [1.165, 1.54) is 0 Å². The van der Waals surface area contributed by atoms with Gasteiger partial charge in [0.25, 0.3) is 5.91 Å². The normalized spacial score (nSPS) is 10.5. The fraction of sp³-hybridized carbons (Fsp3) is 0.261. The van der Waals surface area contributed by atoms with E-state index >= 15 is 0 Å². The molecule has 0 N–H and O–H groups in total. The summed E-state index contributed by atoms with van der Waals surface area (Å²) in [6.45, 7) is 0.299. The van der Waals surface area contributed by atoms with Crippen molar-refractivity contribution in [1.29, 1.82) is 0 Å². The molecule has 1 amide bonds. The molecule has 29 heavy (non-hydrogen) atoms. The Hall–Kier alpha value is -3.41. The second-order valence-corrected chi connectivity index (χ2v) is 6.54. The summed E-state index contributed by atoms with van der Waals surface area (Å²) in [5.74, 6) is 2.13. The minimum atomic E-state index is -0.144. The van der Waals surface area contributed by atoms with E-state index in [0.717, 1.165) is 16.3 Å². The molecule has 6 heteroatoms. The highest BCUT2D eigenvalue weighted by Crippen LogP contribution is 2.40. The van der Waals surface area contributed by atoms with Crippen LogP contribution in [0, 0.1) is 0 Å². The first kappa shape index (κ1) is 20.3. The number of methoxy groups -OCH3 is 3. The summed E-state index contributed by atoms with van der Waals surface area (Å²) in [6.07, 6.45) is 0. The zero-order valence-corrected chi connectivity index (χ0v) is 17.1. The average molecular weight is 395 g/mol. The molecular formula is C23H25NO5. The minimum absolute atomic E-state index is 0.0511. The van der Waals surface area contributed by atoms with Crippen LogP contribution < -0.4 is 18.9 Å². The van der Waals surface area contributed by atoms with Gasteiger partial charge in [0.15, 0.2) is 18.1 Å². The van der Waals surface area contributed by atoms with Crippen LogP contribution in [0.15, 0.2) is 54.6 Å². The molecule has 0 aliphatic carbocycles. The number of likely N-dealkylation sites (N-methyl/N-ethyl adjacent to an activating group) is 1. The molecule has 0 unspecified atom stereocenters. The summed E-state index contributed by atoms with van der Waals surface area (Å²) in [5.41, 5.74) is 0.812. The highest BCUT2D eigenvalue weighted by molar-refractivity contribution is 5.84. The van der Waals surface area contributed by atoms with Gasteiger partial charge in [-0.05, 0) is 35.0 Å². The summed E-state index contributed by atoms with van der Waals surface area (Å²) in [6, 6.07) is 17.4. The van der Waals surface area contributed by atoms with Gasteiger partial charge in [0.05, 0.1) is 21.3 Å². The predicted molar refractivity (Wildman–Crippen MR) is 112 cm³/mol. The third-order valence-electron chi connectivity index (χ3n) is 4.70. The number of carbonyl (C=O) groups is 1. The van der Waals surface area contributed by atoms with Crippen molar-refractivity contribution < 1.29 is 23.7 Å². The summed E-state index contributed by atoms with van der Waals surface area (Å²) in [7, 11) is 6.40. The number of fused-ring (bicyclic) bond motifs is 1. The van der Waals surface area contributed by atoms with Crippen molar-refractivity contribution in [3.05, 3.63) is 60.2 Å². The van der Waals surface area contributed by atoms with Gasteiger partial charge in [-0.25, -0.2) is 0 Å². The van der Waals surface area contributed by atoms with Crippen molar-refractivity contribution in [3.8, 4) is 23.0 Å². The number of hydrogen-bond donors (Lipinski definition) is 0. The minimum Gasteiger partial charge on any atom is -0.493 e. The fourth-order valence-corrected chi connectivity index (χ4v) is 3.14. The molecule has 0 atom stereocenters. The molecule has 0 bridgehead atoms. The van der Waals surface area contributed by atoms with Crippen molar-refractivity contribution in [2.75, 3.05) is 35.0 Å². The number of benzene rings is 3. The van der Waals surface area contributed by atoms with E-state index in [0.29, 0.717) is 29.5 Å². The van der Waals surface area contributed by atoms with Crippen LogP contribution in [-0.4, -0.2) is 45.8 Å². The molecule has 0 aromatic heterocycles. The number of carbonyl (C=O) groups excluding carboxylic acids is 1. The van der Waals surface area contributed by atoms with Gasteiger partial charge in [0.2, 0.25) is 5.75 Å². The van der Waals surface area contributed by atoms with Crippen LogP contribution >= 0.6 is 0 Å². The van der Waals surface area contributed by atoms with Gasteiger partial charge in [0, 0.05) is 19.2 Å². The average Bonchev–Trinajstić information content (AvgIpc) is 2.76. The maximum atomic E-state index is 12.6. The highest BCUT2D eigenvalue weighted by Gasteiger charge is 2.19. The number of hydrogen-bond acceptors (Lipinski definition) is 5. The second kappa shape index (κ2) is 9.19. The van der Waals surface area contributed by atoms with Crippen LogP contribution in [0.5, 0.6) is 23.0 Å². The summed E-state index contributed by atoms with van der Waals surface area (Å²) < 4.78 is 21.9. The van der Waals surface area contributed by atoms with Crippen LogP contribution in [0.4, 0.5) is 0 Å². The maximum absolute atomic E-state index is 12.6. The monoisotopic (exact) mass is 395 g/mol. The van der Waals surface area contributed by atoms with E-state index in [9.17, 15) is 4.79 Å². The van der Waals surface area contributed by atoms with E-state index in [-0.39, 0.29) is 12.5 Å². The molecule has 0 fully saturated rings. The topological polar surface area (TPSA) is 57.2 Å². The highest BCUT2D eigenvalue weighted by atomic mass is 16.5. The smallest absolute Gasteiger partial charge is 0.260 e. The van der Waals surface area contributed by atoms with Crippen molar-refractivity contribution in [2.24, 2.45) is 0 Å². The van der Waals surface area contributed by atoms with Gasteiger partial charge in [-0.3, -0.25) is 4.79 Å². The Morgan fingerprint density at radius 3 is 2.28 bits per heavy atom. The zero-order valence-electron chi connectivity index (χ0n) is 17.1. The van der Waals surface area contributed by atoms with E-state index in [2.05, 4.69) is 0 Å². The van der Waals surface area contributed by atoms with Gasteiger partial charge < -0.3 is 23.8 Å². The third kappa shape index (κ3) is 4.54.